The first-order valence-electron chi connectivity index (χ1n) is 6.25. The number of nitrogens with two attached hydrogens (primary N) is 1. The number of carbonyl (C=O) groups is 1. The lowest BCUT2D eigenvalue weighted by molar-refractivity contribution is 0.0987. The number of nitrogen functional groups attached to an aromatic ring is 1. The minimum absolute atomic E-state index is 0.0936. The monoisotopic (exact) mass is 272 g/mol. The standard InChI is InChI=1S/C15H13FN2O2/c16-10-1-3-12(14(19)8-10)15(20)18-6-5-9-7-11(17)2-4-13(9)18/h1-4,7-8,19H,5-6,17H2. The minimum Gasteiger partial charge on any atom is -0.507 e. The molecule has 4 nitrogen and oxygen atoms in total. The van der Waals surface area contributed by atoms with E-state index in [2.05, 4.69) is 0 Å². The molecule has 2 aromatic carbocycles. The average molecular weight is 272 g/mol. The lowest BCUT2D eigenvalue weighted by Gasteiger charge is -2.18. The summed E-state index contributed by atoms with van der Waals surface area (Å²) in [7, 11) is 0. The quantitative estimate of drug-likeness (QED) is 0.783. The number of phenols is 1. The predicted octanol–water partition coefficient (Wildman–Crippen LogP) is 2.32. The molecule has 0 bridgehead atoms. The van der Waals surface area contributed by atoms with E-state index in [1.165, 1.54) is 6.07 Å². The normalized spacial score (nSPS) is 13.3. The Kier molecular flexibility index (Phi) is 2.82. The van der Waals surface area contributed by atoms with Gasteiger partial charge in [-0.15, -0.1) is 0 Å². The third-order valence-corrected chi connectivity index (χ3v) is 3.43. The fraction of sp³-hybridized carbons (Fsp3) is 0.133. The van der Waals surface area contributed by atoms with E-state index in [0.717, 1.165) is 23.4 Å². The third-order valence-electron chi connectivity index (χ3n) is 3.43. The van der Waals surface area contributed by atoms with Crippen molar-refractivity contribution in [3.63, 3.8) is 0 Å². The molecule has 0 saturated carbocycles. The van der Waals surface area contributed by atoms with Crippen LogP contribution in [0.15, 0.2) is 36.4 Å². The maximum absolute atomic E-state index is 13.0. The number of anilines is 2. The van der Waals surface area contributed by atoms with Crippen LogP contribution in [0.2, 0.25) is 0 Å². The summed E-state index contributed by atoms with van der Waals surface area (Å²) in [5.74, 6) is -1.27. The lowest BCUT2D eigenvalue weighted by Crippen LogP contribution is -2.28. The highest BCUT2D eigenvalue weighted by molar-refractivity contribution is 6.09. The first-order valence-corrected chi connectivity index (χ1v) is 6.25. The van der Waals surface area contributed by atoms with Crippen LogP contribution < -0.4 is 10.6 Å². The van der Waals surface area contributed by atoms with E-state index in [1.54, 1.807) is 17.0 Å². The van der Waals surface area contributed by atoms with Gasteiger partial charge in [0.1, 0.15) is 11.6 Å². The van der Waals surface area contributed by atoms with Crippen LogP contribution in [0.4, 0.5) is 15.8 Å². The zero-order valence-electron chi connectivity index (χ0n) is 10.6. The van der Waals surface area contributed by atoms with E-state index in [0.29, 0.717) is 18.7 Å². The number of rotatable bonds is 1. The topological polar surface area (TPSA) is 66.6 Å². The van der Waals surface area contributed by atoms with Gasteiger partial charge in [-0.1, -0.05) is 0 Å². The first kappa shape index (κ1) is 12.5. The number of hydrogen-bond donors (Lipinski definition) is 2. The largest absolute Gasteiger partial charge is 0.507 e. The van der Waals surface area contributed by atoms with Gasteiger partial charge in [-0.25, -0.2) is 4.39 Å². The van der Waals surface area contributed by atoms with Gasteiger partial charge in [-0.2, -0.15) is 0 Å². The Morgan fingerprint density at radius 1 is 1.25 bits per heavy atom. The average Bonchev–Trinajstić information content (AvgIpc) is 2.80. The minimum atomic E-state index is -0.575. The second kappa shape index (κ2) is 4.52. The van der Waals surface area contributed by atoms with Gasteiger partial charge in [-0.05, 0) is 42.3 Å². The number of aromatic hydroxyl groups is 1. The number of carbonyl (C=O) groups excluding carboxylic acids is 1. The number of fused-ring (bicyclic) bond motifs is 1. The molecule has 20 heavy (non-hydrogen) atoms. The van der Waals surface area contributed by atoms with E-state index in [-0.39, 0.29) is 17.2 Å². The lowest BCUT2D eigenvalue weighted by atomic mass is 10.1. The third kappa shape index (κ3) is 1.97. The molecule has 1 amide bonds. The van der Waals surface area contributed by atoms with E-state index < -0.39 is 5.82 Å². The molecule has 3 rings (SSSR count). The molecular weight excluding hydrogens is 259 g/mol. The van der Waals surface area contributed by atoms with Gasteiger partial charge in [0.15, 0.2) is 0 Å². The van der Waals surface area contributed by atoms with E-state index in [4.69, 9.17) is 5.73 Å². The highest BCUT2D eigenvalue weighted by Gasteiger charge is 2.27. The summed E-state index contributed by atoms with van der Waals surface area (Å²) >= 11 is 0. The fourth-order valence-electron chi connectivity index (χ4n) is 2.46. The summed E-state index contributed by atoms with van der Waals surface area (Å²) < 4.78 is 13.0. The van der Waals surface area contributed by atoms with Gasteiger partial charge in [0.25, 0.3) is 5.91 Å². The van der Waals surface area contributed by atoms with Crippen LogP contribution >= 0.6 is 0 Å². The van der Waals surface area contributed by atoms with Gasteiger partial charge in [0.2, 0.25) is 0 Å². The van der Waals surface area contributed by atoms with Crippen molar-refractivity contribution in [3.05, 3.63) is 53.3 Å². The molecular formula is C15H13FN2O2. The summed E-state index contributed by atoms with van der Waals surface area (Å²) in [6.07, 6.45) is 0.716. The number of nitrogens with zero attached hydrogens (tertiary/aromatic N) is 1. The van der Waals surface area contributed by atoms with E-state index in [1.807, 2.05) is 6.07 Å². The van der Waals surface area contributed by atoms with Gasteiger partial charge in [0.05, 0.1) is 5.56 Å². The smallest absolute Gasteiger partial charge is 0.262 e. The molecule has 0 saturated heterocycles. The summed E-state index contributed by atoms with van der Waals surface area (Å²) in [6.45, 7) is 0.522. The van der Waals surface area contributed by atoms with Crippen molar-refractivity contribution in [2.75, 3.05) is 17.2 Å². The molecule has 0 unspecified atom stereocenters. The predicted molar refractivity (Wildman–Crippen MR) is 74.3 cm³/mol. The molecule has 1 aliphatic rings. The van der Waals surface area contributed by atoms with Gasteiger partial charge in [-0.3, -0.25) is 4.79 Å². The summed E-state index contributed by atoms with van der Waals surface area (Å²) in [5, 5.41) is 9.71. The number of phenolic OH excluding ortho intramolecular Hbond substituents is 1. The maximum atomic E-state index is 13.0. The highest BCUT2D eigenvalue weighted by atomic mass is 19.1. The number of hydrogen-bond acceptors (Lipinski definition) is 3. The van der Waals surface area contributed by atoms with Crippen molar-refractivity contribution in [2.24, 2.45) is 0 Å². The van der Waals surface area contributed by atoms with Crippen LogP contribution in [-0.2, 0) is 6.42 Å². The fourth-order valence-corrected chi connectivity index (χ4v) is 2.46. The van der Waals surface area contributed by atoms with Crippen LogP contribution in [0.3, 0.4) is 0 Å². The Morgan fingerprint density at radius 2 is 2.05 bits per heavy atom. The Morgan fingerprint density at radius 3 is 2.80 bits per heavy atom. The van der Waals surface area contributed by atoms with Crippen molar-refractivity contribution < 1.29 is 14.3 Å². The number of benzene rings is 2. The molecule has 2 aromatic rings. The van der Waals surface area contributed by atoms with Crippen molar-refractivity contribution in [1.82, 2.24) is 0 Å². The van der Waals surface area contributed by atoms with Crippen LogP contribution in [-0.4, -0.2) is 17.6 Å². The molecule has 1 aliphatic heterocycles. The van der Waals surface area contributed by atoms with Crippen LogP contribution in [0, 0.1) is 5.82 Å². The molecule has 0 spiro atoms. The molecule has 5 heteroatoms. The van der Waals surface area contributed by atoms with Gasteiger partial charge < -0.3 is 15.7 Å². The molecule has 3 N–H and O–H groups in total. The van der Waals surface area contributed by atoms with E-state index in [9.17, 15) is 14.3 Å². The SMILES string of the molecule is Nc1ccc2c(c1)CCN2C(=O)c1ccc(F)cc1O. The molecule has 1 heterocycles. The van der Waals surface area contributed by atoms with Crippen LogP contribution in [0.1, 0.15) is 15.9 Å². The zero-order chi connectivity index (χ0) is 14.3. The van der Waals surface area contributed by atoms with Crippen molar-refractivity contribution in [3.8, 4) is 5.75 Å². The molecule has 0 fully saturated rings. The Bertz CT molecular complexity index is 700. The van der Waals surface area contributed by atoms with Crippen LogP contribution in [0.25, 0.3) is 0 Å². The highest BCUT2D eigenvalue weighted by Crippen LogP contribution is 2.32. The molecule has 0 radical (unpaired) electrons. The Labute approximate surface area is 115 Å². The maximum Gasteiger partial charge on any atom is 0.262 e. The van der Waals surface area contributed by atoms with Gasteiger partial charge >= 0.3 is 0 Å². The summed E-state index contributed by atoms with van der Waals surface area (Å²) in [5.41, 5.74) is 8.25. The second-order valence-corrected chi connectivity index (χ2v) is 4.76. The van der Waals surface area contributed by atoms with Crippen molar-refractivity contribution in [1.29, 1.82) is 0 Å². The summed E-state index contributed by atoms with van der Waals surface area (Å²) in [4.78, 5) is 14.0. The van der Waals surface area contributed by atoms with Gasteiger partial charge in [0, 0.05) is 24.0 Å². The molecule has 0 aliphatic carbocycles. The zero-order valence-corrected chi connectivity index (χ0v) is 10.6. The van der Waals surface area contributed by atoms with Crippen LogP contribution in [0.5, 0.6) is 5.75 Å². The summed E-state index contributed by atoms with van der Waals surface area (Å²) in [6, 6.07) is 8.75. The molecule has 102 valence electrons. The number of amides is 1. The second-order valence-electron chi connectivity index (χ2n) is 4.76. The number of halogens is 1. The van der Waals surface area contributed by atoms with Crippen molar-refractivity contribution in [2.45, 2.75) is 6.42 Å². The first-order chi connectivity index (χ1) is 9.56. The Balaban J connectivity index is 1.97. The Hall–Kier alpha value is -2.56. The van der Waals surface area contributed by atoms with Crippen molar-refractivity contribution >= 4 is 17.3 Å². The molecule has 0 aromatic heterocycles. The van der Waals surface area contributed by atoms with E-state index >= 15 is 0 Å². The molecule has 0 atom stereocenters.